The molecule has 0 aliphatic carbocycles. The van der Waals surface area contributed by atoms with E-state index in [-0.39, 0.29) is 11.3 Å². The van der Waals surface area contributed by atoms with Crippen molar-refractivity contribution in [1.29, 1.82) is 5.26 Å². The largest absolute Gasteiger partial charge is 0.490 e. The number of nitrogens with zero attached hydrogens (tertiary/aromatic N) is 1. The first-order valence-electron chi connectivity index (χ1n) is 7.49. The first kappa shape index (κ1) is 16.8. The summed E-state index contributed by atoms with van der Waals surface area (Å²) in [6, 6.07) is 7.97. The number of aryl methyl sites for hydroxylation is 1. The Labute approximate surface area is 134 Å². The molecule has 0 aliphatic rings. The lowest BCUT2D eigenvalue weighted by molar-refractivity contribution is 0.277. The van der Waals surface area contributed by atoms with E-state index in [1.807, 2.05) is 6.07 Å². The Kier molecular flexibility index (Phi) is 5.17. The lowest BCUT2D eigenvalue weighted by atomic mass is 10.0. The van der Waals surface area contributed by atoms with Crippen molar-refractivity contribution in [1.82, 2.24) is 4.98 Å². The highest BCUT2D eigenvalue weighted by molar-refractivity contribution is 5.71. The van der Waals surface area contributed by atoms with Crippen LogP contribution in [0.4, 0.5) is 4.39 Å². The smallest absolute Gasteiger partial charge is 0.266 e. The van der Waals surface area contributed by atoms with Crippen molar-refractivity contribution in [2.75, 3.05) is 6.61 Å². The van der Waals surface area contributed by atoms with E-state index in [1.54, 1.807) is 19.1 Å². The number of nitriles is 1. The average Bonchev–Trinajstić information content (AvgIpc) is 2.48. The third-order valence-electron chi connectivity index (χ3n) is 3.47. The van der Waals surface area contributed by atoms with Crippen molar-refractivity contribution in [3.8, 4) is 22.9 Å². The molecule has 4 nitrogen and oxygen atoms in total. The number of nitrogens with one attached hydrogen (secondary N) is 1. The number of ether oxygens (including phenoxy) is 1. The summed E-state index contributed by atoms with van der Waals surface area (Å²) in [5.41, 5.74) is 1.25. The maximum atomic E-state index is 13.9. The SMILES string of the molecule is Cc1cc(-c2ccc(F)c(OCCC(C)C)c2)c(C#N)c(=O)[nH]1. The van der Waals surface area contributed by atoms with E-state index in [9.17, 15) is 14.4 Å². The number of pyridine rings is 1. The molecule has 1 N–H and O–H groups in total. The quantitative estimate of drug-likeness (QED) is 0.913. The van der Waals surface area contributed by atoms with E-state index >= 15 is 0 Å². The molecule has 0 radical (unpaired) electrons. The predicted octanol–water partition coefficient (Wildman–Crippen LogP) is 3.79. The van der Waals surface area contributed by atoms with E-state index < -0.39 is 11.4 Å². The Morgan fingerprint density at radius 2 is 2.09 bits per heavy atom. The summed E-state index contributed by atoms with van der Waals surface area (Å²) in [7, 11) is 0. The molecule has 23 heavy (non-hydrogen) atoms. The summed E-state index contributed by atoms with van der Waals surface area (Å²) in [4.78, 5) is 14.5. The molecule has 0 bridgehead atoms. The van der Waals surface area contributed by atoms with Crippen molar-refractivity contribution in [2.24, 2.45) is 5.92 Å². The van der Waals surface area contributed by atoms with Crippen molar-refractivity contribution in [3.05, 3.63) is 51.7 Å². The Morgan fingerprint density at radius 1 is 1.35 bits per heavy atom. The van der Waals surface area contributed by atoms with Gasteiger partial charge in [0.05, 0.1) is 6.61 Å². The number of hydrogen-bond acceptors (Lipinski definition) is 3. The van der Waals surface area contributed by atoms with Gasteiger partial charge in [-0.15, -0.1) is 0 Å². The van der Waals surface area contributed by atoms with E-state index in [4.69, 9.17) is 4.74 Å². The van der Waals surface area contributed by atoms with Crippen molar-refractivity contribution in [2.45, 2.75) is 27.2 Å². The van der Waals surface area contributed by atoms with Gasteiger partial charge in [0, 0.05) is 11.3 Å². The third kappa shape index (κ3) is 3.98. The van der Waals surface area contributed by atoms with Gasteiger partial charge in [-0.3, -0.25) is 4.79 Å². The molecule has 2 rings (SSSR count). The zero-order valence-electron chi connectivity index (χ0n) is 13.4. The van der Waals surface area contributed by atoms with Crippen LogP contribution in [0.25, 0.3) is 11.1 Å². The second-order valence-corrected chi connectivity index (χ2v) is 5.86. The minimum atomic E-state index is -0.461. The van der Waals surface area contributed by atoms with Crippen LogP contribution in [0.2, 0.25) is 0 Å². The lowest BCUT2D eigenvalue weighted by Gasteiger charge is -2.11. The van der Waals surface area contributed by atoms with Crippen molar-refractivity contribution in [3.63, 3.8) is 0 Å². The normalized spacial score (nSPS) is 10.6. The van der Waals surface area contributed by atoms with Crippen LogP contribution in [0.1, 0.15) is 31.5 Å². The molecule has 5 heteroatoms. The van der Waals surface area contributed by atoms with Gasteiger partial charge in [0.15, 0.2) is 11.6 Å². The molecule has 120 valence electrons. The van der Waals surface area contributed by atoms with Gasteiger partial charge in [-0.25, -0.2) is 4.39 Å². The standard InChI is InChI=1S/C18H19FN2O2/c1-11(2)6-7-23-17-9-13(4-5-16(17)19)14-8-12(3)21-18(22)15(14)10-20/h4-5,8-9,11H,6-7H2,1-3H3,(H,21,22). The van der Waals surface area contributed by atoms with Gasteiger partial charge >= 0.3 is 0 Å². The van der Waals surface area contributed by atoms with E-state index in [2.05, 4.69) is 18.8 Å². The van der Waals surface area contributed by atoms with E-state index in [0.29, 0.717) is 29.3 Å². The first-order valence-corrected chi connectivity index (χ1v) is 7.49. The number of hydrogen-bond donors (Lipinski definition) is 1. The van der Waals surface area contributed by atoms with Crippen LogP contribution in [0, 0.1) is 30.0 Å². The van der Waals surface area contributed by atoms with Crippen LogP contribution >= 0.6 is 0 Å². The third-order valence-corrected chi connectivity index (χ3v) is 3.47. The topological polar surface area (TPSA) is 65.9 Å². The fourth-order valence-electron chi connectivity index (χ4n) is 2.21. The Bertz CT molecular complexity index is 804. The maximum Gasteiger partial charge on any atom is 0.266 e. The highest BCUT2D eigenvalue weighted by Gasteiger charge is 2.13. The Morgan fingerprint density at radius 3 is 2.74 bits per heavy atom. The number of aromatic nitrogens is 1. The number of benzene rings is 1. The zero-order valence-corrected chi connectivity index (χ0v) is 13.4. The highest BCUT2D eigenvalue weighted by Crippen LogP contribution is 2.28. The summed E-state index contributed by atoms with van der Waals surface area (Å²) < 4.78 is 19.4. The molecule has 1 aromatic carbocycles. The van der Waals surface area contributed by atoms with Gasteiger partial charge in [-0.1, -0.05) is 19.9 Å². The number of H-pyrrole nitrogens is 1. The zero-order chi connectivity index (χ0) is 17.0. The van der Waals surface area contributed by atoms with Crippen LogP contribution in [0.3, 0.4) is 0 Å². The van der Waals surface area contributed by atoms with Crippen LogP contribution < -0.4 is 10.3 Å². The molecule has 0 saturated carbocycles. The summed E-state index contributed by atoms with van der Waals surface area (Å²) >= 11 is 0. The summed E-state index contributed by atoms with van der Waals surface area (Å²) in [6.07, 6.45) is 0.817. The number of aromatic amines is 1. The van der Waals surface area contributed by atoms with Crippen LogP contribution in [-0.2, 0) is 0 Å². The molecular formula is C18H19FN2O2. The second-order valence-electron chi connectivity index (χ2n) is 5.86. The van der Waals surface area contributed by atoms with Gasteiger partial charge in [0.25, 0.3) is 5.56 Å². The average molecular weight is 314 g/mol. The van der Waals surface area contributed by atoms with Crippen molar-refractivity contribution >= 4 is 0 Å². The number of halogens is 1. The predicted molar refractivity (Wildman–Crippen MR) is 86.9 cm³/mol. The maximum absolute atomic E-state index is 13.9. The summed E-state index contributed by atoms with van der Waals surface area (Å²) in [5, 5.41) is 9.20. The molecule has 1 heterocycles. The molecule has 0 spiro atoms. The molecule has 0 unspecified atom stereocenters. The minimum Gasteiger partial charge on any atom is -0.490 e. The van der Waals surface area contributed by atoms with E-state index in [1.165, 1.54) is 12.1 Å². The van der Waals surface area contributed by atoms with Gasteiger partial charge in [-0.2, -0.15) is 5.26 Å². The highest BCUT2D eigenvalue weighted by atomic mass is 19.1. The van der Waals surface area contributed by atoms with Gasteiger partial charge < -0.3 is 9.72 Å². The number of rotatable bonds is 5. The van der Waals surface area contributed by atoms with Gasteiger partial charge in [0.2, 0.25) is 0 Å². The summed E-state index contributed by atoms with van der Waals surface area (Å²) in [5.74, 6) is 0.129. The second kappa shape index (κ2) is 7.10. The fraction of sp³-hybridized carbons (Fsp3) is 0.333. The minimum absolute atomic E-state index is 0.00957. The van der Waals surface area contributed by atoms with Crippen molar-refractivity contribution < 1.29 is 9.13 Å². The molecule has 0 fully saturated rings. The molecule has 0 atom stereocenters. The van der Waals surface area contributed by atoms with Gasteiger partial charge in [0.1, 0.15) is 11.6 Å². The van der Waals surface area contributed by atoms with Crippen LogP contribution in [-0.4, -0.2) is 11.6 Å². The molecule has 2 aromatic rings. The lowest BCUT2D eigenvalue weighted by Crippen LogP contribution is -2.12. The molecular weight excluding hydrogens is 295 g/mol. The first-order chi connectivity index (χ1) is 10.9. The van der Waals surface area contributed by atoms with E-state index in [0.717, 1.165) is 6.42 Å². The molecule has 0 saturated heterocycles. The molecule has 0 amide bonds. The fourth-order valence-corrected chi connectivity index (χ4v) is 2.21. The summed E-state index contributed by atoms with van der Waals surface area (Å²) in [6.45, 7) is 6.27. The monoisotopic (exact) mass is 314 g/mol. The van der Waals surface area contributed by atoms with Crippen LogP contribution in [0.5, 0.6) is 5.75 Å². The Balaban J connectivity index is 2.42. The molecule has 1 aromatic heterocycles. The van der Waals surface area contributed by atoms with Gasteiger partial charge in [-0.05, 0) is 43.0 Å². The molecule has 0 aliphatic heterocycles. The van der Waals surface area contributed by atoms with Crippen LogP contribution in [0.15, 0.2) is 29.1 Å². The Hall–Kier alpha value is -2.61.